The zero-order valence-corrected chi connectivity index (χ0v) is 10.6. The van der Waals surface area contributed by atoms with Crippen LogP contribution in [0.3, 0.4) is 0 Å². The van der Waals surface area contributed by atoms with E-state index in [4.69, 9.17) is 0 Å². The molecule has 1 N–H and O–H groups in total. The molecular formula is C14H22N2. The highest BCUT2D eigenvalue weighted by Gasteiger charge is 2.13. The predicted molar refractivity (Wildman–Crippen MR) is 69.4 cm³/mol. The van der Waals surface area contributed by atoms with Crippen LogP contribution in [0, 0.1) is 6.92 Å². The van der Waals surface area contributed by atoms with Gasteiger partial charge in [0.2, 0.25) is 0 Å². The van der Waals surface area contributed by atoms with Crippen LogP contribution in [-0.4, -0.2) is 11.5 Å². The molecule has 0 aliphatic rings. The van der Waals surface area contributed by atoms with E-state index < -0.39 is 0 Å². The average molecular weight is 218 g/mol. The molecule has 0 fully saturated rings. The Labute approximate surface area is 98.8 Å². The summed E-state index contributed by atoms with van der Waals surface area (Å²) in [5.41, 5.74) is 3.59. The van der Waals surface area contributed by atoms with Gasteiger partial charge >= 0.3 is 0 Å². The van der Waals surface area contributed by atoms with E-state index in [2.05, 4.69) is 43.7 Å². The summed E-state index contributed by atoms with van der Waals surface area (Å²) in [4.78, 5) is 4.48. The summed E-state index contributed by atoms with van der Waals surface area (Å²) in [7, 11) is 0. The zero-order chi connectivity index (χ0) is 12.0. The van der Waals surface area contributed by atoms with Crippen molar-refractivity contribution >= 4 is 0 Å². The van der Waals surface area contributed by atoms with Crippen LogP contribution in [0.2, 0.25) is 0 Å². The minimum Gasteiger partial charge on any atom is -0.308 e. The van der Waals surface area contributed by atoms with E-state index in [1.807, 2.05) is 12.3 Å². The topological polar surface area (TPSA) is 24.9 Å². The van der Waals surface area contributed by atoms with Gasteiger partial charge in [0.1, 0.15) is 0 Å². The van der Waals surface area contributed by atoms with Gasteiger partial charge < -0.3 is 5.32 Å². The summed E-state index contributed by atoms with van der Waals surface area (Å²) in [6.45, 7) is 11.4. The van der Waals surface area contributed by atoms with Crippen LogP contribution in [0.4, 0.5) is 0 Å². The normalized spacial score (nSPS) is 12.4. The van der Waals surface area contributed by atoms with E-state index in [0.29, 0.717) is 6.04 Å². The molecule has 0 radical (unpaired) electrons. The highest BCUT2D eigenvalue weighted by Crippen LogP contribution is 2.21. The van der Waals surface area contributed by atoms with Crippen molar-refractivity contribution in [2.24, 2.45) is 0 Å². The third-order valence-corrected chi connectivity index (χ3v) is 2.57. The lowest BCUT2D eigenvalue weighted by Gasteiger charge is -2.19. The Kier molecular flexibility index (Phi) is 5.20. The van der Waals surface area contributed by atoms with Gasteiger partial charge in [0.05, 0.1) is 11.7 Å². The Bertz CT molecular complexity index is 344. The maximum Gasteiger partial charge on any atom is 0.0605 e. The van der Waals surface area contributed by atoms with Crippen molar-refractivity contribution in [1.82, 2.24) is 10.3 Å². The summed E-state index contributed by atoms with van der Waals surface area (Å²) in [5.74, 6) is 0. The highest BCUT2D eigenvalue weighted by molar-refractivity contribution is 5.22. The van der Waals surface area contributed by atoms with E-state index in [-0.39, 0.29) is 0 Å². The molecule has 16 heavy (non-hydrogen) atoms. The number of nitrogens with zero attached hydrogens (tertiary/aromatic N) is 1. The van der Waals surface area contributed by atoms with E-state index in [1.54, 1.807) is 0 Å². The monoisotopic (exact) mass is 218 g/mol. The molecular weight excluding hydrogens is 196 g/mol. The summed E-state index contributed by atoms with van der Waals surface area (Å²) in [6.07, 6.45) is 3.96. The molecule has 88 valence electrons. The molecule has 0 bridgehead atoms. The first-order valence-corrected chi connectivity index (χ1v) is 5.94. The second-order valence-corrected chi connectivity index (χ2v) is 4.37. The molecule has 0 saturated carbocycles. The van der Waals surface area contributed by atoms with E-state index in [0.717, 1.165) is 25.1 Å². The van der Waals surface area contributed by atoms with Gasteiger partial charge in [-0.15, -0.1) is 6.58 Å². The predicted octanol–water partition coefficient (Wildman–Crippen LogP) is 3.40. The van der Waals surface area contributed by atoms with Crippen molar-refractivity contribution in [2.75, 3.05) is 6.54 Å². The lowest BCUT2D eigenvalue weighted by atomic mass is 10.0. The minimum atomic E-state index is 0.304. The molecule has 1 aromatic rings. The van der Waals surface area contributed by atoms with Gasteiger partial charge in [-0.1, -0.05) is 18.6 Å². The smallest absolute Gasteiger partial charge is 0.0605 e. The lowest BCUT2D eigenvalue weighted by Crippen LogP contribution is -2.24. The number of aromatic nitrogens is 1. The van der Waals surface area contributed by atoms with Crippen molar-refractivity contribution in [3.8, 4) is 0 Å². The molecule has 1 unspecified atom stereocenters. The Morgan fingerprint density at radius 3 is 2.88 bits per heavy atom. The fraction of sp³-hybridized carbons (Fsp3) is 0.500. The third-order valence-electron chi connectivity index (χ3n) is 2.57. The highest BCUT2D eigenvalue weighted by atomic mass is 14.9. The fourth-order valence-corrected chi connectivity index (χ4v) is 1.80. The van der Waals surface area contributed by atoms with Crippen LogP contribution >= 0.6 is 0 Å². The van der Waals surface area contributed by atoms with Crippen molar-refractivity contribution in [1.29, 1.82) is 0 Å². The van der Waals surface area contributed by atoms with Crippen LogP contribution < -0.4 is 5.32 Å². The summed E-state index contributed by atoms with van der Waals surface area (Å²) >= 11 is 0. The number of hydrogen-bond acceptors (Lipinski definition) is 2. The first kappa shape index (κ1) is 12.9. The van der Waals surface area contributed by atoms with Gasteiger partial charge in [-0.2, -0.15) is 0 Å². The average Bonchev–Trinajstić information content (AvgIpc) is 2.24. The summed E-state index contributed by atoms with van der Waals surface area (Å²) in [5, 5.41) is 3.53. The summed E-state index contributed by atoms with van der Waals surface area (Å²) in [6, 6.07) is 4.40. The molecule has 0 amide bonds. The molecule has 1 aromatic heterocycles. The molecule has 0 saturated heterocycles. The maximum atomic E-state index is 4.48. The van der Waals surface area contributed by atoms with Crippen LogP contribution in [-0.2, 0) is 0 Å². The first-order chi connectivity index (χ1) is 7.65. The van der Waals surface area contributed by atoms with Gasteiger partial charge in [0, 0.05) is 6.20 Å². The Hall–Kier alpha value is -1.15. The SMILES string of the molecule is C=C(C)CC(NCCC)c1ncccc1C. The Morgan fingerprint density at radius 2 is 2.31 bits per heavy atom. The van der Waals surface area contributed by atoms with Gasteiger partial charge in [0.25, 0.3) is 0 Å². The minimum absolute atomic E-state index is 0.304. The van der Waals surface area contributed by atoms with Gasteiger partial charge in [-0.05, 0) is 44.9 Å². The van der Waals surface area contributed by atoms with Gasteiger partial charge in [0.15, 0.2) is 0 Å². The quantitative estimate of drug-likeness (QED) is 0.740. The largest absolute Gasteiger partial charge is 0.308 e. The van der Waals surface area contributed by atoms with Crippen LogP contribution in [0.5, 0.6) is 0 Å². The third kappa shape index (κ3) is 3.78. The second-order valence-electron chi connectivity index (χ2n) is 4.37. The Balaban J connectivity index is 2.82. The van der Waals surface area contributed by atoms with Crippen molar-refractivity contribution in [3.05, 3.63) is 41.7 Å². The molecule has 0 aliphatic heterocycles. The van der Waals surface area contributed by atoms with Gasteiger partial charge in [-0.3, -0.25) is 4.98 Å². The number of hydrogen-bond donors (Lipinski definition) is 1. The molecule has 2 nitrogen and oxygen atoms in total. The van der Waals surface area contributed by atoms with E-state index >= 15 is 0 Å². The maximum absolute atomic E-state index is 4.48. The van der Waals surface area contributed by atoms with Crippen molar-refractivity contribution in [3.63, 3.8) is 0 Å². The van der Waals surface area contributed by atoms with Crippen molar-refractivity contribution < 1.29 is 0 Å². The first-order valence-electron chi connectivity index (χ1n) is 5.94. The molecule has 1 atom stereocenters. The fourth-order valence-electron chi connectivity index (χ4n) is 1.80. The molecule has 2 heteroatoms. The molecule has 0 aromatic carbocycles. The van der Waals surface area contributed by atoms with E-state index in [1.165, 1.54) is 11.1 Å². The van der Waals surface area contributed by atoms with Crippen LogP contribution in [0.1, 0.15) is 44.0 Å². The summed E-state index contributed by atoms with van der Waals surface area (Å²) < 4.78 is 0. The molecule has 1 heterocycles. The number of nitrogens with one attached hydrogen (secondary N) is 1. The molecule has 0 spiro atoms. The zero-order valence-electron chi connectivity index (χ0n) is 10.6. The van der Waals surface area contributed by atoms with Crippen LogP contribution in [0.15, 0.2) is 30.5 Å². The second kappa shape index (κ2) is 6.44. The van der Waals surface area contributed by atoms with Gasteiger partial charge in [-0.25, -0.2) is 0 Å². The molecule has 1 rings (SSSR count). The number of aryl methyl sites for hydroxylation is 1. The lowest BCUT2D eigenvalue weighted by molar-refractivity contribution is 0.514. The van der Waals surface area contributed by atoms with E-state index in [9.17, 15) is 0 Å². The number of rotatable bonds is 6. The standard InChI is InChI=1S/C14H22N2/c1-5-8-15-13(10-11(2)3)14-12(4)7-6-9-16-14/h6-7,9,13,15H,2,5,8,10H2,1,3-4H3. The Morgan fingerprint density at radius 1 is 1.56 bits per heavy atom. The number of pyridine rings is 1. The van der Waals surface area contributed by atoms with Crippen LogP contribution in [0.25, 0.3) is 0 Å². The molecule has 0 aliphatic carbocycles. The van der Waals surface area contributed by atoms with Crippen molar-refractivity contribution in [2.45, 2.75) is 39.7 Å².